The fourth-order valence-electron chi connectivity index (χ4n) is 2.74. The van der Waals surface area contributed by atoms with E-state index >= 15 is 0 Å². The molecular weight excluding hydrogens is 332 g/mol. The van der Waals surface area contributed by atoms with Gasteiger partial charge < -0.3 is 14.8 Å². The SMILES string of the molecule is O=C(NCCC1COc2ccccc2O1)c1ccc(-c2ccn[nH]2)nc1. The molecule has 0 bridgehead atoms. The Hall–Kier alpha value is -3.35. The van der Waals surface area contributed by atoms with Crippen LogP contribution >= 0.6 is 0 Å². The summed E-state index contributed by atoms with van der Waals surface area (Å²) >= 11 is 0. The molecule has 0 saturated heterocycles. The molecule has 1 aliphatic heterocycles. The van der Waals surface area contributed by atoms with E-state index in [1.165, 1.54) is 0 Å². The van der Waals surface area contributed by atoms with Gasteiger partial charge in [0.2, 0.25) is 0 Å². The summed E-state index contributed by atoms with van der Waals surface area (Å²) in [4.78, 5) is 16.5. The lowest BCUT2D eigenvalue weighted by Gasteiger charge is -2.26. The Bertz CT molecular complexity index is 878. The lowest BCUT2D eigenvalue weighted by atomic mass is 10.2. The predicted octanol–water partition coefficient (Wildman–Crippen LogP) is 2.43. The monoisotopic (exact) mass is 350 g/mol. The predicted molar refractivity (Wildman–Crippen MR) is 95.1 cm³/mol. The van der Waals surface area contributed by atoms with E-state index in [4.69, 9.17) is 9.47 Å². The van der Waals surface area contributed by atoms with Gasteiger partial charge in [-0.15, -0.1) is 0 Å². The number of carbonyl (C=O) groups is 1. The highest BCUT2D eigenvalue weighted by Gasteiger charge is 2.20. The summed E-state index contributed by atoms with van der Waals surface area (Å²) in [6.07, 6.45) is 3.81. The average Bonchev–Trinajstić information content (AvgIpc) is 3.23. The Labute approximate surface area is 150 Å². The average molecular weight is 350 g/mol. The van der Waals surface area contributed by atoms with Gasteiger partial charge in [-0.25, -0.2) is 0 Å². The molecule has 1 aromatic carbocycles. The summed E-state index contributed by atoms with van der Waals surface area (Å²) in [7, 11) is 0. The number of amides is 1. The first-order valence-corrected chi connectivity index (χ1v) is 8.42. The van der Waals surface area contributed by atoms with Gasteiger partial charge in [0.05, 0.1) is 17.0 Å². The van der Waals surface area contributed by atoms with Crippen molar-refractivity contribution in [2.75, 3.05) is 13.2 Å². The number of pyridine rings is 1. The molecule has 7 nitrogen and oxygen atoms in total. The highest BCUT2D eigenvalue weighted by Crippen LogP contribution is 2.31. The Morgan fingerprint density at radius 2 is 2.08 bits per heavy atom. The summed E-state index contributed by atoms with van der Waals surface area (Å²) in [5.74, 6) is 1.34. The number of fused-ring (bicyclic) bond motifs is 1. The van der Waals surface area contributed by atoms with Crippen LogP contribution in [0.2, 0.25) is 0 Å². The summed E-state index contributed by atoms with van der Waals surface area (Å²) in [6.45, 7) is 0.977. The second-order valence-electron chi connectivity index (χ2n) is 5.94. The van der Waals surface area contributed by atoms with Crippen LogP contribution in [0.5, 0.6) is 11.5 Å². The van der Waals surface area contributed by atoms with Gasteiger partial charge in [-0.1, -0.05) is 12.1 Å². The molecule has 26 heavy (non-hydrogen) atoms. The number of H-pyrrole nitrogens is 1. The van der Waals surface area contributed by atoms with Crippen LogP contribution in [-0.4, -0.2) is 40.3 Å². The van der Waals surface area contributed by atoms with Crippen LogP contribution in [-0.2, 0) is 0 Å². The van der Waals surface area contributed by atoms with Crippen molar-refractivity contribution in [1.29, 1.82) is 0 Å². The van der Waals surface area contributed by atoms with Crippen LogP contribution < -0.4 is 14.8 Å². The number of aromatic nitrogens is 3. The summed E-state index contributed by atoms with van der Waals surface area (Å²) < 4.78 is 11.5. The highest BCUT2D eigenvalue weighted by molar-refractivity contribution is 5.94. The zero-order valence-electron chi connectivity index (χ0n) is 14.0. The molecule has 0 fully saturated rings. The van der Waals surface area contributed by atoms with Crippen molar-refractivity contribution in [1.82, 2.24) is 20.5 Å². The summed E-state index contributed by atoms with van der Waals surface area (Å²) in [5, 5.41) is 9.62. The molecule has 1 unspecified atom stereocenters. The fourth-order valence-corrected chi connectivity index (χ4v) is 2.74. The lowest BCUT2D eigenvalue weighted by Crippen LogP contribution is -2.34. The number of ether oxygens (including phenoxy) is 2. The van der Waals surface area contributed by atoms with Crippen molar-refractivity contribution in [2.45, 2.75) is 12.5 Å². The molecule has 1 atom stereocenters. The van der Waals surface area contributed by atoms with Crippen LogP contribution in [0.25, 0.3) is 11.4 Å². The van der Waals surface area contributed by atoms with Crippen molar-refractivity contribution in [3.05, 3.63) is 60.4 Å². The third-order valence-electron chi connectivity index (χ3n) is 4.12. The first-order chi connectivity index (χ1) is 12.8. The minimum atomic E-state index is -0.161. The second kappa shape index (κ2) is 7.26. The number of nitrogens with one attached hydrogen (secondary N) is 2. The largest absolute Gasteiger partial charge is 0.486 e. The third kappa shape index (κ3) is 3.51. The van der Waals surface area contributed by atoms with E-state index in [2.05, 4.69) is 20.5 Å². The number of rotatable bonds is 5. The molecule has 0 saturated carbocycles. The maximum absolute atomic E-state index is 12.2. The highest BCUT2D eigenvalue weighted by atomic mass is 16.6. The van der Waals surface area contributed by atoms with Gasteiger partial charge in [-0.05, 0) is 30.3 Å². The van der Waals surface area contributed by atoms with Crippen molar-refractivity contribution >= 4 is 5.91 Å². The Balaban J connectivity index is 1.28. The molecule has 0 spiro atoms. The van der Waals surface area contributed by atoms with Crippen LogP contribution in [0.15, 0.2) is 54.9 Å². The van der Waals surface area contributed by atoms with E-state index in [0.29, 0.717) is 25.1 Å². The van der Waals surface area contributed by atoms with E-state index in [-0.39, 0.29) is 12.0 Å². The van der Waals surface area contributed by atoms with E-state index in [1.807, 2.05) is 30.3 Å². The number of para-hydroxylation sites is 2. The van der Waals surface area contributed by atoms with Crippen LogP contribution in [0, 0.1) is 0 Å². The number of hydrogen-bond acceptors (Lipinski definition) is 5. The minimum absolute atomic E-state index is 0.0777. The van der Waals surface area contributed by atoms with Crippen molar-refractivity contribution in [3.63, 3.8) is 0 Å². The van der Waals surface area contributed by atoms with Gasteiger partial charge in [-0.2, -0.15) is 5.10 Å². The number of hydrogen-bond donors (Lipinski definition) is 2. The second-order valence-corrected chi connectivity index (χ2v) is 5.94. The first-order valence-electron chi connectivity index (χ1n) is 8.42. The standard InChI is InChI=1S/C19H18N4O3/c24-19(13-5-6-15(21-11-13)16-8-10-22-23-16)20-9-7-14-12-25-17-3-1-2-4-18(17)26-14/h1-6,8,10-11,14H,7,9,12H2,(H,20,24)(H,22,23). The molecule has 3 heterocycles. The molecule has 7 heteroatoms. The molecule has 2 aromatic heterocycles. The van der Waals surface area contributed by atoms with E-state index in [9.17, 15) is 4.79 Å². The topological polar surface area (TPSA) is 89.1 Å². The Morgan fingerprint density at radius 3 is 2.85 bits per heavy atom. The quantitative estimate of drug-likeness (QED) is 0.738. The smallest absolute Gasteiger partial charge is 0.252 e. The molecule has 2 N–H and O–H groups in total. The van der Waals surface area contributed by atoms with Gasteiger partial charge in [0.1, 0.15) is 12.7 Å². The molecule has 0 radical (unpaired) electrons. The van der Waals surface area contributed by atoms with Crippen LogP contribution in [0.1, 0.15) is 16.8 Å². The first kappa shape index (κ1) is 16.1. The zero-order valence-corrected chi connectivity index (χ0v) is 14.0. The molecule has 4 rings (SSSR count). The summed E-state index contributed by atoms with van der Waals surface area (Å²) in [6, 6.07) is 12.9. The van der Waals surface area contributed by atoms with Crippen LogP contribution in [0.3, 0.4) is 0 Å². The number of carbonyl (C=O) groups excluding carboxylic acids is 1. The third-order valence-corrected chi connectivity index (χ3v) is 4.12. The van der Waals surface area contributed by atoms with Gasteiger partial charge in [0, 0.05) is 25.4 Å². The lowest BCUT2D eigenvalue weighted by molar-refractivity contribution is 0.0812. The van der Waals surface area contributed by atoms with E-state index in [1.54, 1.807) is 24.5 Å². The molecule has 132 valence electrons. The number of nitrogens with zero attached hydrogens (tertiary/aromatic N) is 2. The van der Waals surface area contributed by atoms with E-state index < -0.39 is 0 Å². The van der Waals surface area contributed by atoms with Gasteiger partial charge in [0.25, 0.3) is 5.91 Å². The minimum Gasteiger partial charge on any atom is -0.486 e. The van der Waals surface area contributed by atoms with Crippen molar-refractivity contribution in [3.8, 4) is 22.9 Å². The van der Waals surface area contributed by atoms with Crippen molar-refractivity contribution in [2.24, 2.45) is 0 Å². The molecule has 0 aliphatic carbocycles. The molecule has 1 amide bonds. The van der Waals surface area contributed by atoms with Gasteiger partial charge in [0.15, 0.2) is 11.5 Å². The van der Waals surface area contributed by atoms with E-state index in [0.717, 1.165) is 22.9 Å². The maximum atomic E-state index is 12.2. The van der Waals surface area contributed by atoms with Gasteiger partial charge >= 0.3 is 0 Å². The van der Waals surface area contributed by atoms with Crippen LogP contribution in [0.4, 0.5) is 0 Å². The molecule has 1 aliphatic rings. The normalized spacial score (nSPS) is 15.5. The summed E-state index contributed by atoms with van der Waals surface area (Å²) in [5.41, 5.74) is 2.07. The molecule has 3 aromatic rings. The number of aromatic amines is 1. The van der Waals surface area contributed by atoms with Crippen molar-refractivity contribution < 1.29 is 14.3 Å². The Kier molecular flexibility index (Phi) is 4.51. The fraction of sp³-hybridized carbons (Fsp3) is 0.211. The zero-order chi connectivity index (χ0) is 17.8. The number of benzene rings is 1. The maximum Gasteiger partial charge on any atom is 0.252 e. The van der Waals surface area contributed by atoms with Gasteiger partial charge in [-0.3, -0.25) is 14.9 Å². The molecular formula is C19H18N4O3. The Morgan fingerprint density at radius 1 is 1.19 bits per heavy atom.